The summed E-state index contributed by atoms with van der Waals surface area (Å²) in [6.07, 6.45) is 3.91. The Morgan fingerprint density at radius 3 is 2.43 bits per heavy atom. The number of thioether (sulfide) groups is 1. The Morgan fingerprint density at radius 2 is 1.70 bits per heavy atom. The van der Waals surface area contributed by atoms with E-state index >= 15 is 0 Å². The van der Waals surface area contributed by atoms with E-state index in [0.29, 0.717) is 10.7 Å². The van der Waals surface area contributed by atoms with Gasteiger partial charge in [0, 0.05) is 10.8 Å². The third-order valence-corrected chi connectivity index (χ3v) is 7.88. The first kappa shape index (κ1) is 19.1. The lowest BCUT2D eigenvalue weighted by molar-refractivity contribution is -0.122. The molecule has 1 fully saturated rings. The number of amides is 2. The molecule has 30 heavy (non-hydrogen) atoms. The fraction of sp³-hybridized carbons (Fsp3) is 0.174. The quantitative estimate of drug-likeness (QED) is 0.627. The first-order valence-corrected chi connectivity index (χ1v) is 11.3. The fourth-order valence-corrected chi connectivity index (χ4v) is 6.48. The highest BCUT2D eigenvalue weighted by Gasteiger charge is 2.55. The van der Waals surface area contributed by atoms with Crippen molar-refractivity contribution in [3.8, 4) is 0 Å². The van der Waals surface area contributed by atoms with Crippen LogP contribution in [0, 0.1) is 12.8 Å². The molecule has 0 saturated carbocycles. The molecule has 2 amide bonds. The van der Waals surface area contributed by atoms with E-state index in [1.165, 1.54) is 16.7 Å². The maximum Gasteiger partial charge on any atom is 0.305 e. The smallest absolute Gasteiger partial charge is 0.305 e. The summed E-state index contributed by atoms with van der Waals surface area (Å²) >= 11 is 2.42. The summed E-state index contributed by atoms with van der Waals surface area (Å²) in [7, 11) is 0. The van der Waals surface area contributed by atoms with Crippen LogP contribution < -0.4 is 9.77 Å². The molecule has 5 rings (SSSR count). The molecule has 0 bridgehead atoms. The zero-order valence-corrected chi connectivity index (χ0v) is 17.7. The van der Waals surface area contributed by atoms with Crippen LogP contribution in [0.15, 0.2) is 70.5 Å². The molecule has 5 nitrogen and oxygen atoms in total. The second-order valence-corrected chi connectivity index (χ2v) is 9.58. The lowest BCUT2D eigenvalue weighted by Crippen LogP contribution is -2.31. The molecule has 1 saturated heterocycles. The maximum atomic E-state index is 13.4. The van der Waals surface area contributed by atoms with Crippen molar-refractivity contribution in [1.82, 2.24) is 4.98 Å². The average molecular weight is 435 g/mol. The number of nitrogens with one attached hydrogen (secondary N) is 1. The minimum atomic E-state index is -0.554. The normalized spacial score (nSPS) is 23.1. The molecule has 1 aromatic heterocycles. The summed E-state index contributed by atoms with van der Waals surface area (Å²) in [6.45, 7) is 1.96. The van der Waals surface area contributed by atoms with Crippen LogP contribution in [-0.4, -0.2) is 22.0 Å². The van der Waals surface area contributed by atoms with Crippen LogP contribution in [0.25, 0.3) is 6.08 Å². The van der Waals surface area contributed by atoms with Crippen LogP contribution in [0.5, 0.6) is 0 Å². The molecule has 7 heteroatoms. The van der Waals surface area contributed by atoms with E-state index in [4.69, 9.17) is 0 Å². The fourth-order valence-electron chi connectivity index (χ4n) is 3.99. The van der Waals surface area contributed by atoms with Crippen molar-refractivity contribution >= 4 is 46.7 Å². The molecule has 2 aliphatic rings. The van der Waals surface area contributed by atoms with Gasteiger partial charge < -0.3 is 4.98 Å². The Kier molecular flexibility index (Phi) is 4.72. The number of fused-ring (bicyclic) bond motifs is 2. The minimum Gasteiger partial charge on any atom is -0.307 e. The van der Waals surface area contributed by atoms with E-state index in [-0.39, 0.29) is 22.6 Å². The van der Waals surface area contributed by atoms with Crippen LogP contribution in [0.1, 0.15) is 21.9 Å². The highest BCUT2D eigenvalue weighted by atomic mass is 32.2. The van der Waals surface area contributed by atoms with E-state index in [9.17, 15) is 14.4 Å². The van der Waals surface area contributed by atoms with Crippen molar-refractivity contribution in [3.05, 3.63) is 86.3 Å². The van der Waals surface area contributed by atoms with E-state index in [0.717, 1.165) is 27.3 Å². The Hall–Kier alpha value is -2.90. The van der Waals surface area contributed by atoms with Crippen molar-refractivity contribution in [1.29, 1.82) is 0 Å². The molecule has 2 aliphatic heterocycles. The minimum absolute atomic E-state index is 0.166. The van der Waals surface area contributed by atoms with Gasteiger partial charge >= 0.3 is 4.87 Å². The summed E-state index contributed by atoms with van der Waals surface area (Å²) in [5, 5.41) is 0.142. The van der Waals surface area contributed by atoms with E-state index in [2.05, 4.69) is 4.98 Å². The van der Waals surface area contributed by atoms with Gasteiger partial charge in [-0.25, -0.2) is 4.90 Å². The number of aryl methyl sites for hydroxylation is 1. The van der Waals surface area contributed by atoms with Gasteiger partial charge in [-0.2, -0.15) is 0 Å². The Balaban J connectivity index is 1.57. The number of thiazole rings is 1. The Bertz CT molecular complexity index is 1210. The van der Waals surface area contributed by atoms with Gasteiger partial charge in [0.1, 0.15) is 5.25 Å². The zero-order chi connectivity index (χ0) is 20.8. The summed E-state index contributed by atoms with van der Waals surface area (Å²) < 4.78 is 0. The number of aromatic nitrogens is 1. The number of anilines is 1. The number of hydrogen-bond acceptors (Lipinski definition) is 5. The van der Waals surface area contributed by atoms with Gasteiger partial charge in [0.2, 0.25) is 11.8 Å². The molecule has 3 aromatic rings. The maximum absolute atomic E-state index is 13.4. The van der Waals surface area contributed by atoms with Crippen LogP contribution >= 0.6 is 23.1 Å². The van der Waals surface area contributed by atoms with Crippen molar-refractivity contribution in [2.24, 2.45) is 5.92 Å². The van der Waals surface area contributed by atoms with Crippen molar-refractivity contribution < 1.29 is 9.59 Å². The SMILES string of the molecule is Cc1ccc(N2C(=O)[C@@H]3[C@@H](Sc4[nH]c(=O)sc4[C@@H]3/C=C/c3ccccc3)C2=O)cc1. The summed E-state index contributed by atoms with van der Waals surface area (Å²) in [5.41, 5.74) is 2.66. The first-order chi connectivity index (χ1) is 14.5. The van der Waals surface area contributed by atoms with E-state index in [1.54, 1.807) is 12.1 Å². The lowest BCUT2D eigenvalue weighted by atomic mass is 9.88. The van der Waals surface area contributed by atoms with Crippen molar-refractivity contribution in [3.63, 3.8) is 0 Å². The average Bonchev–Trinajstić information content (AvgIpc) is 3.24. The van der Waals surface area contributed by atoms with Crippen LogP contribution in [0.2, 0.25) is 0 Å². The number of H-pyrrole nitrogens is 1. The number of benzene rings is 2. The number of imide groups is 1. The zero-order valence-electron chi connectivity index (χ0n) is 16.1. The topological polar surface area (TPSA) is 70.2 Å². The Morgan fingerprint density at radius 1 is 0.967 bits per heavy atom. The summed E-state index contributed by atoms with van der Waals surface area (Å²) in [4.78, 5) is 43.5. The molecule has 0 radical (unpaired) electrons. The molecule has 2 aromatic carbocycles. The predicted molar refractivity (Wildman–Crippen MR) is 120 cm³/mol. The number of allylic oxidation sites excluding steroid dienone is 1. The van der Waals surface area contributed by atoms with E-state index < -0.39 is 11.2 Å². The summed E-state index contributed by atoms with van der Waals surface area (Å²) in [6, 6.07) is 17.2. The second kappa shape index (κ2) is 7.41. The highest BCUT2D eigenvalue weighted by molar-refractivity contribution is 8.00. The van der Waals surface area contributed by atoms with Crippen LogP contribution in [0.4, 0.5) is 5.69 Å². The molecule has 0 spiro atoms. The number of carbonyl (C=O) groups is 2. The van der Waals surface area contributed by atoms with Gasteiger partial charge in [-0.15, -0.1) is 0 Å². The number of rotatable bonds is 3. The van der Waals surface area contributed by atoms with E-state index in [1.807, 2.05) is 61.5 Å². The Labute approximate surface area is 181 Å². The molecule has 0 unspecified atom stereocenters. The monoisotopic (exact) mass is 434 g/mol. The second-order valence-electron chi connectivity index (χ2n) is 7.42. The van der Waals surface area contributed by atoms with Gasteiger partial charge in [-0.1, -0.05) is 83.3 Å². The van der Waals surface area contributed by atoms with Gasteiger partial charge in [0.25, 0.3) is 0 Å². The largest absolute Gasteiger partial charge is 0.307 e. The molecule has 1 N–H and O–H groups in total. The van der Waals surface area contributed by atoms with Crippen molar-refractivity contribution in [2.75, 3.05) is 4.90 Å². The lowest BCUT2D eigenvalue weighted by Gasteiger charge is -2.27. The number of aromatic amines is 1. The number of nitrogens with zero attached hydrogens (tertiary/aromatic N) is 1. The molecule has 150 valence electrons. The first-order valence-electron chi connectivity index (χ1n) is 9.60. The van der Waals surface area contributed by atoms with Crippen LogP contribution in [-0.2, 0) is 9.59 Å². The summed E-state index contributed by atoms with van der Waals surface area (Å²) in [5.74, 6) is -1.31. The van der Waals surface area contributed by atoms with Gasteiger partial charge in [-0.3, -0.25) is 14.4 Å². The van der Waals surface area contributed by atoms with Gasteiger partial charge in [0.05, 0.1) is 16.6 Å². The standard InChI is InChI=1S/C23H18N2O3S2/c1-13-7-10-15(11-8-13)25-21(26)17-16(12-9-14-5-3-2-4-6-14)18-20(24-23(28)30-18)29-19(17)22(25)27/h2-12,16-17,19H,1H3,(H,24,28)/b12-9+/t16-,17+,19-/m1/s1. The molecule has 0 aliphatic carbocycles. The molecule has 3 heterocycles. The molecule has 3 atom stereocenters. The number of hydrogen-bond donors (Lipinski definition) is 1. The number of carbonyl (C=O) groups excluding carboxylic acids is 2. The van der Waals surface area contributed by atoms with Crippen molar-refractivity contribution in [2.45, 2.75) is 23.1 Å². The van der Waals surface area contributed by atoms with Crippen LogP contribution in [0.3, 0.4) is 0 Å². The third-order valence-electron chi connectivity index (χ3n) is 5.46. The predicted octanol–water partition coefficient (Wildman–Crippen LogP) is 4.21. The highest BCUT2D eigenvalue weighted by Crippen LogP contribution is 2.51. The van der Waals surface area contributed by atoms with Gasteiger partial charge in [0.15, 0.2) is 0 Å². The third kappa shape index (κ3) is 3.14. The molecular formula is C23H18N2O3S2. The molecular weight excluding hydrogens is 416 g/mol. The van der Waals surface area contributed by atoms with Gasteiger partial charge in [-0.05, 0) is 24.6 Å².